The molecule has 1 amide bonds. The molecule has 1 aromatic rings. The number of carbonyl (C=O) groups is 2. The molecule has 0 N–H and O–H groups in total. The largest absolute Gasteiger partial charge is 0.496 e. The van der Waals surface area contributed by atoms with Gasteiger partial charge in [-0.2, -0.15) is 0 Å². The van der Waals surface area contributed by atoms with Crippen molar-refractivity contribution >= 4 is 23.5 Å². The highest BCUT2D eigenvalue weighted by atomic mass is 35.5. The van der Waals surface area contributed by atoms with Crippen molar-refractivity contribution < 1.29 is 19.1 Å². The highest BCUT2D eigenvalue weighted by Gasteiger charge is 2.54. The summed E-state index contributed by atoms with van der Waals surface area (Å²) in [5.74, 6) is -0.00942. The van der Waals surface area contributed by atoms with E-state index < -0.39 is 5.60 Å². The summed E-state index contributed by atoms with van der Waals surface area (Å²) in [6.07, 6.45) is 3.74. The normalized spacial score (nSPS) is 21.8. The number of hydrogen-bond donors (Lipinski definition) is 0. The lowest BCUT2D eigenvalue weighted by Crippen LogP contribution is -2.43. The van der Waals surface area contributed by atoms with Crippen LogP contribution in [0.1, 0.15) is 37.7 Å². The van der Waals surface area contributed by atoms with Gasteiger partial charge >= 0.3 is 5.97 Å². The van der Waals surface area contributed by atoms with Crippen LogP contribution in [0.15, 0.2) is 18.2 Å². The Kier molecular flexibility index (Phi) is 4.72. The van der Waals surface area contributed by atoms with Gasteiger partial charge in [0, 0.05) is 24.2 Å². The molecule has 1 heterocycles. The molecule has 24 heavy (non-hydrogen) atoms. The maximum Gasteiger partial charge on any atom is 0.307 e. The van der Waals surface area contributed by atoms with Crippen LogP contribution in [0.5, 0.6) is 5.75 Å². The smallest absolute Gasteiger partial charge is 0.307 e. The molecule has 0 bridgehead atoms. The molecule has 3 rings (SSSR count). The number of hydrogen-bond acceptors (Lipinski definition) is 4. The van der Waals surface area contributed by atoms with Gasteiger partial charge in [-0.1, -0.05) is 11.6 Å². The first-order chi connectivity index (χ1) is 11.4. The molecule has 2 aliphatic rings. The maximum atomic E-state index is 13.0. The highest BCUT2D eigenvalue weighted by Crippen LogP contribution is 2.46. The predicted molar refractivity (Wildman–Crippen MR) is 89.9 cm³/mol. The van der Waals surface area contributed by atoms with Gasteiger partial charge in [-0.15, -0.1) is 0 Å². The molecule has 5 nitrogen and oxygen atoms in total. The standard InChI is InChI=1S/C18H22ClNO4/c1-20(11-12-9-13(19)5-6-15(12)23-2)17(22)14-10-16(21)24-18(14)7-3-4-8-18/h5-6,9,14H,3-4,7-8,10-11H2,1-2H3. The molecule has 6 heteroatoms. The van der Waals surface area contributed by atoms with Crippen LogP contribution in [-0.2, 0) is 20.9 Å². The molecule has 1 saturated carbocycles. The van der Waals surface area contributed by atoms with Gasteiger partial charge in [-0.25, -0.2) is 0 Å². The van der Waals surface area contributed by atoms with E-state index in [0.717, 1.165) is 31.2 Å². The summed E-state index contributed by atoms with van der Waals surface area (Å²) in [7, 11) is 3.33. The van der Waals surface area contributed by atoms with E-state index in [1.165, 1.54) is 0 Å². The minimum atomic E-state index is -0.582. The van der Waals surface area contributed by atoms with Crippen molar-refractivity contribution in [1.82, 2.24) is 4.90 Å². The van der Waals surface area contributed by atoms with Crippen LogP contribution in [0.3, 0.4) is 0 Å². The van der Waals surface area contributed by atoms with E-state index >= 15 is 0 Å². The Morgan fingerprint density at radius 3 is 2.79 bits per heavy atom. The average molecular weight is 352 g/mol. The van der Waals surface area contributed by atoms with Crippen molar-refractivity contribution in [3.63, 3.8) is 0 Å². The van der Waals surface area contributed by atoms with E-state index in [0.29, 0.717) is 17.3 Å². The number of rotatable bonds is 4. The van der Waals surface area contributed by atoms with Crippen LogP contribution in [0.4, 0.5) is 0 Å². The Morgan fingerprint density at radius 2 is 2.12 bits per heavy atom. The zero-order valence-electron chi connectivity index (χ0n) is 14.0. The molecule has 1 aliphatic heterocycles. The predicted octanol–water partition coefficient (Wildman–Crippen LogP) is 3.18. The second-order valence-electron chi connectivity index (χ2n) is 6.65. The second-order valence-corrected chi connectivity index (χ2v) is 7.09. The molecule has 2 fully saturated rings. The first-order valence-electron chi connectivity index (χ1n) is 8.24. The van der Waals surface area contributed by atoms with E-state index in [4.69, 9.17) is 21.1 Å². The molecular weight excluding hydrogens is 330 g/mol. The van der Waals surface area contributed by atoms with Crippen LogP contribution in [0, 0.1) is 5.92 Å². The minimum absolute atomic E-state index is 0.0511. The van der Waals surface area contributed by atoms with Gasteiger partial charge < -0.3 is 14.4 Å². The number of methoxy groups -OCH3 is 1. The summed E-state index contributed by atoms with van der Waals surface area (Å²) >= 11 is 6.06. The van der Waals surface area contributed by atoms with Gasteiger partial charge in [0.2, 0.25) is 5.91 Å². The summed E-state index contributed by atoms with van der Waals surface area (Å²) in [4.78, 5) is 26.4. The van der Waals surface area contributed by atoms with E-state index in [1.807, 2.05) is 0 Å². The lowest BCUT2D eigenvalue weighted by atomic mass is 9.84. The summed E-state index contributed by atoms with van der Waals surface area (Å²) < 4.78 is 10.9. The maximum absolute atomic E-state index is 13.0. The molecule has 1 unspecified atom stereocenters. The van der Waals surface area contributed by atoms with Gasteiger partial charge in [-0.3, -0.25) is 9.59 Å². The number of amides is 1. The first-order valence-corrected chi connectivity index (χ1v) is 8.62. The zero-order chi connectivity index (χ0) is 17.3. The Balaban J connectivity index is 1.77. The van der Waals surface area contributed by atoms with E-state index in [1.54, 1.807) is 37.3 Å². The van der Waals surface area contributed by atoms with Crippen molar-refractivity contribution in [3.05, 3.63) is 28.8 Å². The SMILES string of the molecule is COc1ccc(Cl)cc1CN(C)C(=O)C1CC(=O)OC12CCCC2. The van der Waals surface area contributed by atoms with Crippen molar-refractivity contribution in [2.45, 2.75) is 44.2 Å². The van der Waals surface area contributed by atoms with Gasteiger partial charge in [0.05, 0.1) is 19.4 Å². The summed E-state index contributed by atoms with van der Waals surface area (Å²) in [5, 5.41) is 0.596. The van der Waals surface area contributed by atoms with E-state index in [9.17, 15) is 9.59 Å². The molecular formula is C18H22ClNO4. The Hall–Kier alpha value is -1.75. The lowest BCUT2D eigenvalue weighted by molar-refractivity contribution is -0.151. The van der Waals surface area contributed by atoms with Gasteiger partial charge in [0.15, 0.2) is 0 Å². The molecule has 0 aromatic heterocycles. The van der Waals surface area contributed by atoms with Crippen LogP contribution < -0.4 is 4.74 Å². The number of esters is 1. The average Bonchev–Trinajstić information content (AvgIpc) is 3.14. The fraction of sp³-hybridized carbons (Fsp3) is 0.556. The van der Waals surface area contributed by atoms with Crippen LogP contribution >= 0.6 is 11.6 Å². The van der Waals surface area contributed by atoms with E-state index in [-0.39, 0.29) is 24.2 Å². The van der Waals surface area contributed by atoms with Crippen molar-refractivity contribution in [1.29, 1.82) is 0 Å². The molecule has 130 valence electrons. The summed E-state index contributed by atoms with van der Waals surface area (Å²) in [6, 6.07) is 5.34. The zero-order valence-corrected chi connectivity index (χ0v) is 14.8. The second kappa shape index (κ2) is 6.63. The minimum Gasteiger partial charge on any atom is -0.496 e. The monoisotopic (exact) mass is 351 g/mol. The van der Waals surface area contributed by atoms with Crippen LogP contribution in [0.25, 0.3) is 0 Å². The Bertz CT molecular complexity index is 654. The summed E-state index contributed by atoms with van der Waals surface area (Å²) in [6.45, 7) is 0.378. The highest BCUT2D eigenvalue weighted by molar-refractivity contribution is 6.30. The fourth-order valence-electron chi connectivity index (χ4n) is 3.90. The van der Waals surface area contributed by atoms with E-state index in [2.05, 4.69) is 0 Å². The Labute approximate surface area is 146 Å². The molecule has 1 spiro atoms. The van der Waals surface area contributed by atoms with Gasteiger partial charge in [0.25, 0.3) is 0 Å². The quantitative estimate of drug-likeness (QED) is 0.782. The topological polar surface area (TPSA) is 55.8 Å². The molecule has 1 aromatic carbocycles. The van der Waals surface area contributed by atoms with Gasteiger partial charge in [-0.05, 0) is 43.9 Å². The number of halogens is 1. The molecule has 1 saturated heterocycles. The number of carbonyl (C=O) groups excluding carboxylic acids is 2. The molecule has 0 radical (unpaired) electrons. The van der Waals surface area contributed by atoms with Crippen LogP contribution in [-0.4, -0.2) is 36.5 Å². The first kappa shape index (κ1) is 17.1. The number of benzene rings is 1. The van der Waals surface area contributed by atoms with Crippen molar-refractivity contribution in [2.75, 3.05) is 14.2 Å². The number of nitrogens with zero attached hydrogens (tertiary/aromatic N) is 1. The van der Waals surface area contributed by atoms with Crippen molar-refractivity contribution in [3.8, 4) is 5.75 Å². The molecule has 1 atom stereocenters. The third-order valence-electron chi connectivity index (χ3n) is 5.10. The summed E-state index contributed by atoms with van der Waals surface area (Å²) in [5.41, 5.74) is 0.257. The van der Waals surface area contributed by atoms with Crippen molar-refractivity contribution in [2.24, 2.45) is 5.92 Å². The Morgan fingerprint density at radius 1 is 1.42 bits per heavy atom. The third-order valence-corrected chi connectivity index (χ3v) is 5.33. The third kappa shape index (κ3) is 3.09. The molecule has 1 aliphatic carbocycles. The number of ether oxygens (including phenoxy) is 2. The fourth-order valence-corrected chi connectivity index (χ4v) is 4.09. The lowest BCUT2D eigenvalue weighted by Gasteiger charge is -2.31. The van der Waals surface area contributed by atoms with Gasteiger partial charge in [0.1, 0.15) is 11.4 Å². The van der Waals surface area contributed by atoms with Crippen LogP contribution in [0.2, 0.25) is 5.02 Å².